The number of rotatable bonds is 9. The molecular formula is C28H41N3O6. The topological polar surface area (TPSA) is 105 Å². The van der Waals surface area contributed by atoms with Crippen LogP contribution >= 0.6 is 0 Å². The molecule has 1 aliphatic rings. The van der Waals surface area contributed by atoms with Crippen LogP contribution in [0.3, 0.4) is 0 Å². The fourth-order valence-electron chi connectivity index (χ4n) is 4.05. The second-order valence-corrected chi connectivity index (χ2v) is 10.4. The summed E-state index contributed by atoms with van der Waals surface area (Å²) in [6.07, 6.45) is 4.33. The normalized spacial score (nSPS) is 19.3. The van der Waals surface area contributed by atoms with Crippen LogP contribution in [-0.2, 0) is 30.5 Å². The van der Waals surface area contributed by atoms with Gasteiger partial charge in [-0.25, -0.2) is 9.59 Å². The third kappa shape index (κ3) is 8.61. The van der Waals surface area contributed by atoms with Gasteiger partial charge in [0, 0.05) is 13.1 Å². The van der Waals surface area contributed by atoms with E-state index in [1.165, 1.54) is 16.8 Å². The first-order valence-corrected chi connectivity index (χ1v) is 12.8. The molecule has 9 nitrogen and oxygen atoms in total. The summed E-state index contributed by atoms with van der Waals surface area (Å²) in [5.74, 6) is -1.31. The van der Waals surface area contributed by atoms with E-state index in [1.807, 2.05) is 44.2 Å². The number of carbonyl (C=O) groups excluding carboxylic acids is 4. The molecule has 1 fully saturated rings. The number of nitrogens with one attached hydrogen (secondary N) is 1. The molecule has 2 rings (SSSR count). The molecule has 1 aromatic carbocycles. The maximum Gasteiger partial charge on any atom is 0.410 e. The van der Waals surface area contributed by atoms with Gasteiger partial charge in [0.2, 0.25) is 11.8 Å². The Hall–Kier alpha value is -3.36. The summed E-state index contributed by atoms with van der Waals surface area (Å²) in [4.78, 5) is 54.8. The minimum Gasteiger partial charge on any atom is -0.459 e. The van der Waals surface area contributed by atoms with Crippen LogP contribution in [0, 0.1) is 0 Å². The number of hydrogen-bond donors (Lipinski definition) is 1. The highest BCUT2D eigenvalue weighted by atomic mass is 16.6. The van der Waals surface area contributed by atoms with Crippen LogP contribution in [0.4, 0.5) is 4.79 Å². The van der Waals surface area contributed by atoms with Crippen LogP contribution in [0.25, 0.3) is 0 Å². The fraction of sp³-hybridized carbons (Fsp3) is 0.571. The van der Waals surface area contributed by atoms with E-state index >= 15 is 0 Å². The predicted octanol–water partition coefficient (Wildman–Crippen LogP) is 3.82. The minimum atomic E-state index is -0.900. The summed E-state index contributed by atoms with van der Waals surface area (Å²) >= 11 is 0. The molecule has 3 amide bonds. The molecule has 1 aromatic rings. The number of allylic oxidation sites excluding steroid dienone is 1. The molecule has 37 heavy (non-hydrogen) atoms. The van der Waals surface area contributed by atoms with Crippen molar-refractivity contribution in [2.75, 3.05) is 7.05 Å². The van der Waals surface area contributed by atoms with Gasteiger partial charge in [-0.1, -0.05) is 42.5 Å². The number of hydrogen-bond acceptors (Lipinski definition) is 6. The molecule has 1 heterocycles. The number of likely N-dealkylation sites (N-methyl/N-ethyl adjacent to an activating group) is 1. The Morgan fingerprint density at radius 3 is 2.41 bits per heavy atom. The van der Waals surface area contributed by atoms with Crippen molar-refractivity contribution in [1.82, 2.24) is 15.1 Å². The van der Waals surface area contributed by atoms with Gasteiger partial charge in [0.1, 0.15) is 30.3 Å². The van der Waals surface area contributed by atoms with Gasteiger partial charge in [-0.15, -0.1) is 0 Å². The third-order valence-corrected chi connectivity index (χ3v) is 6.28. The maximum atomic E-state index is 13.7. The first-order chi connectivity index (χ1) is 17.4. The molecular weight excluding hydrogens is 474 g/mol. The van der Waals surface area contributed by atoms with E-state index in [9.17, 15) is 19.2 Å². The van der Waals surface area contributed by atoms with Crippen LogP contribution < -0.4 is 5.32 Å². The molecule has 204 valence electrons. The molecule has 1 saturated heterocycles. The first kappa shape index (κ1) is 29.9. The van der Waals surface area contributed by atoms with Crippen LogP contribution in [0.15, 0.2) is 42.5 Å². The lowest BCUT2D eigenvalue weighted by Gasteiger charge is -2.32. The quantitative estimate of drug-likeness (QED) is 0.396. The van der Waals surface area contributed by atoms with Gasteiger partial charge in [0.05, 0.1) is 0 Å². The number of benzene rings is 1. The summed E-state index contributed by atoms with van der Waals surface area (Å²) in [6, 6.07) is 6.67. The molecule has 9 heteroatoms. The molecule has 0 unspecified atom stereocenters. The lowest BCUT2D eigenvalue weighted by atomic mass is 10.1. The second kappa shape index (κ2) is 13.3. The summed E-state index contributed by atoms with van der Waals surface area (Å²) in [7, 11) is 1.47. The van der Waals surface area contributed by atoms with Gasteiger partial charge >= 0.3 is 12.1 Å². The molecule has 0 aliphatic carbocycles. The van der Waals surface area contributed by atoms with Gasteiger partial charge in [-0.3, -0.25) is 14.5 Å². The van der Waals surface area contributed by atoms with Gasteiger partial charge in [-0.2, -0.15) is 0 Å². The molecule has 0 radical (unpaired) electrons. The van der Waals surface area contributed by atoms with Crippen molar-refractivity contribution in [3.8, 4) is 0 Å². The van der Waals surface area contributed by atoms with Crippen molar-refractivity contribution in [1.29, 1.82) is 0 Å². The number of esters is 1. The zero-order chi connectivity index (χ0) is 27.8. The molecule has 0 saturated carbocycles. The SMILES string of the molecule is C/C=C\C[C@H](NC(=O)[C@H](C)N(C)C(=O)OC(C)(C)C)C(=O)N1[C@@H](C)CC[C@H]1C(=O)OCc1ccccc1. The highest BCUT2D eigenvalue weighted by molar-refractivity contribution is 5.93. The minimum absolute atomic E-state index is 0.125. The molecule has 0 spiro atoms. The van der Waals surface area contributed by atoms with E-state index in [1.54, 1.807) is 39.8 Å². The van der Waals surface area contributed by atoms with E-state index < -0.39 is 41.7 Å². The lowest BCUT2D eigenvalue weighted by Crippen LogP contribution is -2.56. The van der Waals surface area contributed by atoms with Crippen molar-refractivity contribution in [2.45, 2.75) is 97.2 Å². The standard InChI is InChI=1S/C28H41N3O6/c1-8-9-15-22(29-24(32)20(3)30(7)27(35)37-28(4,5)6)25(33)31-19(2)16-17-23(31)26(34)36-18-21-13-11-10-12-14-21/h8-14,19-20,22-23H,15-18H2,1-7H3,(H,29,32)/b9-8-/t19-,20-,22-,23-/m0/s1. The zero-order valence-electron chi connectivity index (χ0n) is 23.0. The summed E-state index contributed by atoms with van der Waals surface area (Å²) in [5.41, 5.74) is 0.156. The summed E-state index contributed by atoms with van der Waals surface area (Å²) < 4.78 is 10.9. The number of nitrogens with zero attached hydrogens (tertiary/aromatic N) is 2. The van der Waals surface area contributed by atoms with Crippen molar-refractivity contribution in [2.24, 2.45) is 0 Å². The highest BCUT2D eigenvalue weighted by Crippen LogP contribution is 2.27. The van der Waals surface area contributed by atoms with Crippen molar-refractivity contribution in [3.63, 3.8) is 0 Å². The predicted molar refractivity (Wildman–Crippen MR) is 140 cm³/mol. The monoisotopic (exact) mass is 515 g/mol. The lowest BCUT2D eigenvalue weighted by molar-refractivity contribution is -0.156. The molecule has 1 aliphatic heterocycles. The summed E-state index contributed by atoms with van der Waals surface area (Å²) in [5, 5.41) is 2.78. The van der Waals surface area contributed by atoms with Gasteiger partial charge in [0.25, 0.3) is 0 Å². The Balaban J connectivity index is 2.12. The Morgan fingerprint density at radius 1 is 1.16 bits per heavy atom. The maximum absolute atomic E-state index is 13.7. The van der Waals surface area contributed by atoms with Gasteiger partial charge < -0.3 is 19.7 Å². The van der Waals surface area contributed by atoms with E-state index in [2.05, 4.69) is 5.32 Å². The average molecular weight is 516 g/mol. The van der Waals surface area contributed by atoms with Crippen LogP contribution in [-0.4, -0.2) is 70.5 Å². The van der Waals surface area contributed by atoms with Crippen molar-refractivity contribution < 1.29 is 28.7 Å². The van der Waals surface area contributed by atoms with E-state index in [0.29, 0.717) is 12.8 Å². The van der Waals surface area contributed by atoms with Gasteiger partial charge in [0.15, 0.2) is 0 Å². The molecule has 1 N–H and O–H groups in total. The number of ether oxygens (including phenoxy) is 2. The number of likely N-dealkylation sites (tertiary alicyclic amines) is 1. The molecule has 4 atom stereocenters. The average Bonchev–Trinajstić information content (AvgIpc) is 3.24. The first-order valence-electron chi connectivity index (χ1n) is 12.8. The molecule has 0 aromatic heterocycles. The smallest absolute Gasteiger partial charge is 0.410 e. The van der Waals surface area contributed by atoms with E-state index in [0.717, 1.165) is 5.56 Å². The second-order valence-electron chi connectivity index (χ2n) is 10.4. The van der Waals surface area contributed by atoms with Crippen LogP contribution in [0.5, 0.6) is 0 Å². The Labute approximate surface area is 220 Å². The summed E-state index contributed by atoms with van der Waals surface area (Å²) in [6.45, 7) is 10.6. The molecule has 0 bridgehead atoms. The Kier molecular flexibility index (Phi) is 10.7. The van der Waals surface area contributed by atoms with Crippen molar-refractivity contribution in [3.05, 3.63) is 48.0 Å². The largest absolute Gasteiger partial charge is 0.459 e. The van der Waals surface area contributed by atoms with Gasteiger partial charge in [-0.05, 0) is 66.4 Å². The zero-order valence-corrected chi connectivity index (χ0v) is 23.0. The third-order valence-electron chi connectivity index (χ3n) is 6.28. The van der Waals surface area contributed by atoms with Crippen LogP contribution in [0.1, 0.15) is 66.4 Å². The fourth-order valence-corrected chi connectivity index (χ4v) is 4.05. The Morgan fingerprint density at radius 2 is 1.81 bits per heavy atom. The highest BCUT2D eigenvalue weighted by Gasteiger charge is 2.42. The Bertz CT molecular complexity index is 972. The van der Waals surface area contributed by atoms with Crippen LogP contribution in [0.2, 0.25) is 0 Å². The van der Waals surface area contributed by atoms with E-state index in [-0.39, 0.29) is 25.0 Å². The van der Waals surface area contributed by atoms with E-state index in [4.69, 9.17) is 9.47 Å². The van der Waals surface area contributed by atoms with Crippen molar-refractivity contribution >= 4 is 23.9 Å². The number of amides is 3. The number of carbonyl (C=O) groups is 4.